The molecule has 2 aromatic rings. The maximum atomic E-state index is 6.21. The zero-order valence-electron chi connectivity index (χ0n) is 13.9. The van der Waals surface area contributed by atoms with Gasteiger partial charge >= 0.3 is 0 Å². The minimum absolute atomic E-state index is 0. The number of piperidine rings is 1. The molecule has 4 rings (SSSR count). The van der Waals surface area contributed by atoms with Crippen LogP contribution in [0.1, 0.15) is 30.7 Å². The summed E-state index contributed by atoms with van der Waals surface area (Å²) in [5.74, 6) is 1.78. The van der Waals surface area contributed by atoms with Crippen molar-refractivity contribution in [2.24, 2.45) is 0 Å². The summed E-state index contributed by atoms with van der Waals surface area (Å²) >= 11 is 5.86. The van der Waals surface area contributed by atoms with Gasteiger partial charge in [0, 0.05) is 18.2 Å². The molecule has 2 aliphatic heterocycles. The highest BCUT2D eigenvalue weighted by molar-refractivity contribution is 6.30. The molecule has 2 aliphatic rings. The molecule has 0 saturated carbocycles. The number of rotatable bonds is 3. The topological polar surface area (TPSA) is 43.4 Å². The van der Waals surface area contributed by atoms with Gasteiger partial charge < -0.3 is 14.8 Å². The number of benzene rings is 1. The lowest BCUT2D eigenvalue weighted by atomic mass is 9.84. The van der Waals surface area contributed by atoms with Crippen LogP contribution in [-0.2, 0) is 4.74 Å². The molecule has 2 fully saturated rings. The first kappa shape index (κ1) is 18.5. The smallest absolute Gasteiger partial charge is 0.219 e. The molecule has 0 amide bonds. The Morgan fingerprint density at radius 2 is 2.04 bits per heavy atom. The summed E-state index contributed by atoms with van der Waals surface area (Å²) in [4.78, 5) is 4.18. The van der Waals surface area contributed by atoms with Crippen LogP contribution in [0.15, 0.2) is 42.6 Å². The van der Waals surface area contributed by atoms with Gasteiger partial charge in [-0.25, -0.2) is 4.98 Å². The summed E-state index contributed by atoms with van der Waals surface area (Å²) in [6.45, 7) is 2.90. The first-order valence-electron chi connectivity index (χ1n) is 8.47. The molecule has 1 spiro atoms. The Morgan fingerprint density at radius 1 is 1.20 bits per heavy atom. The molecule has 25 heavy (non-hydrogen) atoms. The Labute approximate surface area is 159 Å². The number of halogens is 2. The molecule has 1 aromatic heterocycles. The van der Waals surface area contributed by atoms with Crippen molar-refractivity contribution in [2.75, 3.05) is 19.7 Å². The molecule has 134 valence electrons. The summed E-state index contributed by atoms with van der Waals surface area (Å²) in [6.07, 6.45) is 4.90. The van der Waals surface area contributed by atoms with E-state index in [9.17, 15) is 0 Å². The normalized spacial score (nSPS) is 21.7. The number of hydrogen-bond donors (Lipinski definition) is 1. The molecule has 0 aliphatic carbocycles. The molecular formula is C19H22Cl2N2O2. The van der Waals surface area contributed by atoms with Gasteiger partial charge in [0.1, 0.15) is 5.75 Å². The maximum Gasteiger partial charge on any atom is 0.219 e. The first-order chi connectivity index (χ1) is 11.7. The number of aromatic nitrogens is 1. The third-order valence-corrected chi connectivity index (χ3v) is 5.20. The van der Waals surface area contributed by atoms with Gasteiger partial charge in [-0.3, -0.25) is 0 Å². The van der Waals surface area contributed by atoms with E-state index in [0.717, 1.165) is 44.7 Å². The van der Waals surface area contributed by atoms with E-state index in [-0.39, 0.29) is 18.0 Å². The molecule has 3 heterocycles. The second-order valence-electron chi connectivity index (χ2n) is 6.63. The molecule has 0 radical (unpaired) electrons. The Morgan fingerprint density at radius 3 is 2.80 bits per heavy atom. The van der Waals surface area contributed by atoms with Gasteiger partial charge in [0.2, 0.25) is 5.88 Å². The summed E-state index contributed by atoms with van der Waals surface area (Å²) < 4.78 is 12.1. The molecule has 6 heteroatoms. The van der Waals surface area contributed by atoms with Gasteiger partial charge in [0.15, 0.2) is 0 Å². The Balaban J connectivity index is 0.00000182. The molecule has 1 N–H and O–H groups in total. The summed E-state index contributed by atoms with van der Waals surface area (Å²) in [5, 5.41) is 4.02. The van der Waals surface area contributed by atoms with E-state index in [1.54, 1.807) is 18.3 Å². The number of nitrogens with zero attached hydrogens (tertiary/aromatic N) is 1. The molecule has 1 unspecified atom stereocenters. The van der Waals surface area contributed by atoms with Crippen molar-refractivity contribution in [3.63, 3.8) is 0 Å². The summed E-state index contributed by atoms with van der Waals surface area (Å²) in [7, 11) is 0. The fraction of sp³-hybridized carbons (Fsp3) is 0.421. The monoisotopic (exact) mass is 380 g/mol. The van der Waals surface area contributed by atoms with Crippen molar-refractivity contribution in [1.82, 2.24) is 10.3 Å². The van der Waals surface area contributed by atoms with Crippen molar-refractivity contribution >= 4 is 24.0 Å². The quantitative estimate of drug-likeness (QED) is 0.846. The van der Waals surface area contributed by atoms with Crippen molar-refractivity contribution in [1.29, 1.82) is 0 Å². The number of ether oxygens (including phenoxy) is 2. The highest BCUT2D eigenvalue weighted by Gasteiger charge is 2.41. The van der Waals surface area contributed by atoms with E-state index in [2.05, 4.69) is 22.4 Å². The van der Waals surface area contributed by atoms with Crippen molar-refractivity contribution in [2.45, 2.75) is 30.8 Å². The zero-order valence-corrected chi connectivity index (χ0v) is 15.5. The van der Waals surface area contributed by atoms with Crippen LogP contribution < -0.4 is 10.1 Å². The van der Waals surface area contributed by atoms with Crippen LogP contribution in [0.4, 0.5) is 0 Å². The highest BCUT2D eigenvalue weighted by Crippen LogP contribution is 2.42. The molecular weight excluding hydrogens is 359 g/mol. The van der Waals surface area contributed by atoms with Crippen LogP contribution in [0.25, 0.3) is 0 Å². The highest BCUT2D eigenvalue weighted by atomic mass is 35.5. The van der Waals surface area contributed by atoms with Gasteiger partial charge in [-0.1, -0.05) is 23.7 Å². The predicted molar refractivity (Wildman–Crippen MR) is 101 cm³/mol. The molecule has 1 aromatic carbocycles. The minimum Gasteiger partial charge on any atom is -0.439 e. The Hall–Kier alpha value is -1.33. The Bertz CT molecular complexity index is 703. The van der Waals surface area contributed by atoms with E-state index in [4.69, 9.17) is 21.1 Å². The van der Waals surface area contributed by atoms with Gasteiger partial charge in [-0.05, 0) is 56.1 Å². The third kappa shape index (κ3) is 4.26. The van der Waals surface area contributed by atoms with Gasteiger partial charge in [0.05, 0.1) is 17.2 Å². The van der Waals surface area contributed by atoms with Crippen molar-refractivity contribution in [3.8, 4) is 11.6 Å². The second-order valence-corrected chi connectivity index (χ2v) is 7.07. The number of nitrogens with one attached hydrogen (secondary N) is 1. The fourth-order valence-electron chi connectivity index (χ4n) is 3.66. The summed E-state index contributed by atoms with van der Waals surface area (Å²) in [5.41, 5.74) is 1.35. The molecule has 4 nitrogen and oxygen atoms in total. The van der Waals surface area contributed by atoms with Gasteiger partial charge in [-0.15, -0.1) is 12.4 Å². The average Bonchev–Trinajstić information content (AvgIpc) is 3.01. The van der Waals surface area contributed by atoms with Crippen LogP contribution in [0.5, 0.6) is 11.6 Å². The molecule has 1 atom stereocenters. The largest absolute Gasteiger partial charge is 0.439 e. The van der Waals surface area contributed by atoms with E-state index >= 15 is 0 Å². The Kier molecular flexibility index (Phi) is 5.85. The number of hydrogen-bond acceptors (Lipinski definition) is 4. The van der Waals surface area contributed by atoms with E-state index in [1.807, 2.05) is 12.1 Å². The van der Waals surface area contributed by atoms with E-state index in [1.165, 1.54) is 5.56 Å². The second kappa shape index (κ2) is 7.92. The van der Waals surface area contributed by atoms with Crippen LogP contribution in [0, 0.1) is 0 Å². The molecule has 0 bridgehead atoms. The fourth-order valence-corrected chi connectivity index (χ4v) is 3.78. The lowest BCUT2D eigenvalue weighted by molar-refractivity contribution is -0.0193. The molecule has 2 saturated heterocycles. The van der Waals surface area contributed by atoms with Crippen LogP contribution in [0.3, 0.4) is 0 Å². The van der Waals surface area contributed by atoms with Crippen LogP contribution in [-0.4, -0.2) is 30.3 Å². The maximum absolute atomic E-state index is 6.21. The van der Waals surface area contributed by atoms with Crippen LogP contribution >= 0.6 is 24.0 Å². The van der Waals surface area contributed by atoms with Crippen LogP contribution in [0.2, 0.25) is 5.02 Å². The van der Waals surface area contributed by atoms with Crippen molar-refractivity contribution in [3.05, 3.63) is 53.2 Å². The SMILES string of the molecule is Cl.Clc1ccc(Oc2cccc(C3COC4(CCNCC4)C3)c2)nc1. The minimum atomic E-state index is 0. The van der Waals surface area contributed by atoms with Gasteiger partial charge in [0.25, 0.3) is 0 Å². The third-order valence-electron chi connectivity index (χ3n) is 4.98. The standard InChI is InChI=1S/C19H21ClN2O2.ClH/c20-16-4-5-18(22-12-16)24-17-3-1-2-14(10-17)15-11-19(23-13-15)6-8-21-9-7-19;/h1-5,10,12,15,21H,6-9,11,13H2;1H. The van der Waals surface area contributed by atoms with Crippen molar-refractivity contribution < 1.29 is 9.47 Å². The van der Waals surface area contributed by atoms with E-state index < -0.39 is 0 Å². The number of pyridine rings is 1. The van der Waals surface area contributed by atoms with Gasteiger partial charge in [-0.2, -0.15) is 0 Å². The zero-order chi connectivity index (χ0) is 16.4. The van der Waals surface area contributed by atoms with E-state index in [0.29, 0.717) is 16.8 Å². The average molecular weight is 381 g/mol. The summed E-state index contributed by atoms with van der Waals surface area (Å²) in [6, 6.07) is 11.8. The lowest BCUT2D eigenvalue weighted by Gasteiger charge is -2.33. The predicted octanol–water partition coefficient (Wildman–Crippen LogP) is 4.58. The first-order valence-corrected chi connectivity index (χ1v) is 8.84. The lowest BCUT2D eigenvalue weighted by Crippen LogP contribution is -2.41.